The lowest BCUT2D eigenvalue weighted by atomic mass is 10.0. The van der Waals surface area contributed by atoms with Crippen LogP contribution in [-0.4, -0.2) is 46.4 Å². The van der Waals surface area contributed by atoms with Gasteiger partial charge < -0.3 is 15.4 Å². The van der Waals surface area contributed by atoms with Crippen LogP contribution < -0.4 is 37.1 Å². The predicted molar refractivity (Wildman–Crippen MR) is 191 cm³/mol. The van der Waals surface area contributed by atoms with Crippen LogP contribution in [0.4, 0.5) is 21.0 Å². The number of urea groups is 2. The van der Waals surface area contributed by atoms with Gasteiger partial charge in [-0.3, -0.25) is 21.7 Å². The maximum atomic E-state index is 12.0. The summed E-state index contributed by atoms with van der Waals surface area (Å²) in [5, 5.41) is 23.3. The Morgan fingerprint density at radius 3 is 1.88 bits per heavy atom. The first-order chi connectivity index (χ1) is 23.0. The minimum absolute atomic E-state index is 0.141. The summed E-state index contributed by atoms with van der Waals surface area (Å²) in [7, 11) is -3.43. The number of carbonyl (C=O) groups excluding carboxylic acids is 2. The zero-order chi connectivity index (χ0) is 36.7. The van der Waals surface area contributed by atoms with Crippen LogP contribution in [0.5, 0.6) is 5.75 Å². The Morgan fingerprint density at radius 2 is 1.31 bits per heavy atom. The normalized spacial score (nSPS) is 10.4. The molecule has 0 radical (unpaired) electrons. The van der Waals surface area contributed by atoms with E-state index in [1.54, 1.807) is 25.1 Å². The average Bonchev–Trinajstić information content (AvgIpc) is 3.02. The summed E-state index contributed by atoms with van der Waals surface area (Å²) >= 11 is 0. The molecule has 262 valence electrons. The zero-order valence-electron chi connectivity index (χ0n) is 29.3. The molecule has 3 rings (SSSR count). The lowest BCUT2D eigenvalue weighted by molar-refractivity contribution is 0.240. The Bertz CT molecular complexity index is 1810. The standard InChI is InChI=1S/C21H29N3O4S.C14H17N5O/c1-14-9-15(2)11-18(10-14)28-8-6-7-22-21(25)24-23-19-12-16(3)17(4)13-20(19)29(5,26)27;1-9(2)8-17-14(20)19-18-13-5-12(7-16)11(6-15)4-10(13)3/h9-13,23H,6-8H2,1-5H3,(H2,22,24,25);4-5,9,18H,8H2,1-3H3,(H2,17,19,20). The Kier molecular flexibility index (Phi) is 15.2. The third kappa shape index (κ3) is 13.7. The number of nitriles is 2. The number of hydrogen-bond donors (Lipinski definition) is 6. The van der Waals surface area contributed by atoms with Crippen molar-refractivity contribution in [2.75, 3.05) is 36.8 Å². The Labute approximate surface area is 289 Å². The van der Waals surface area contributed by atoms with Crippen molar-refractivity contribution >= 4 is 33.3 Å². The molecule has 0 unspecified atom stereocenters. The number of hydrazine groups is 2. The van der Waals surface area contributed by atoms with Crippen LogP contribution in [0, 0.1) is 63.2 Å². The van der Waals surface area contributed by atoms with E-state index in [9.17, 15) is 18.0 Å². The molecule has 13 nitrogen and oxygen atoms in total. The van der Waals surface area contributed by atoms with E-state index < -0.39 is 15.9 Å². The summed E-state index contributed by atoms with van der Waals surface area (Å²) in [5.41, 5.74) is 16.7. The van der Waals surface area contributed by atoms with Gasteiger partial charge in [-0.15, -0.1) is 0 Å². The number of amides is 4. The van der Waals surface area contributed by atoms with Crippen molar-refractivity contribution in [1.82, 2.24) is 21.5 Å². The van der Waals surface area contributed by atoms with Gasteiger partial charge in [0.1, 0.15) is 17.9 Å². The minimum atomic E-state index is -3.43. The molecule has 0 bridgehead atoms. The van der Waals surface area contributed by atoms with Gasteiger partial charge >= 0.3 is 12.1 Å². The molecule has 0 aromatic heterocycles. The van der Waals surface area contributed by atoms with Crippen molar-refractivity contribution in [3.63, 3.8) is 0 Å². The van der Waals surface area contributed by atoms with Gasteiger partial charge in [-0.05, 0) is 111 Å². The third-order valence-corrected chi connectivity index (χ3v) is 8.10. The summed E-state index contributed by atoms with van der Waals surface area (Å²) in [4.78, 5) is 23.6. The van der Waals surface area contributed by atoms with Gasteiger partial charge in [0.25, 0.3) is 0 Å². The number of benzene rings is 3. The van der Waals surface area contributed by atoms with Gasteiger partial charge in [-0.1, -0.05) is 19.9 Å². The van der Waals surface area contributed by atoms with Crippen molar-refractivity contribution in [2.24, 2.45) is 5.92 Å². The maximum absolute atomic E-state index is 12.0. The third-order valence-electron chi connectivity index (χ3n) is 6.96. The fraction of sp³-hybridized carbons (Fsp3) is 0.371. The molecule has 0 atom stereocenters. The number of sulfone groups is 1. The van der Waals surface area contributed by atoms with Gasteiger partial charge in [0.15, 0.2) is 9.84 Å². The fourth-order valence-corrected chi connectivity index (χ4v) is 5.24. The van der Waals surface area contributed by atoms with E-state index >= 15 is 0 Å². The molecule has 0 fully saturated rings. The van der Waals surface area contributed by atoms with E-state index in [-0.39, 0.29) is 16.5 Å². The van der Waals surface area contributed by atoms with Crippen LogP contribution >= 0.6 is 0 Å². The largest absolute Gasteiger partial charge is 0.494 e. The highest BCUT2D eigenvalue weighted by molar-refractivity contribution is 7.90. The van der Waals surface area contributed by atoms with Gasteiger partial charge in [0, 0.05) is 19.3 Å². The number of carbonyl (C=O) groups is 2. The molecule has 0 saturated carbocycles. The van der Waals surface area contributed by atoms with Crippen LogP contribution in [-0.2, 0) is 9.84 Å². The quantitative estimate of drug-likeness (QED) is 0.106. The first-order valence-electron chi connectivity index (χ1n) is 15.6. The van der Waals surface area contributed by atoms with Crippen molar-refractivity contribution in [1.29, 1.82) is 10.5 Å². The molecule has 0 saturated heterocycles. The van der Waals surface area contributed by atoms with E-state index in [0.717, 1.165) is 39.8 Å². The van der Waals surface area contributed by atoms with E-state index in [1.165, 1.54) is 6.07 Å². The van der Waals surface area contributed by atoms with Gasteiger partial charge in [0.2, 0.25) is 0 Å². The predicted octanol–water partition coefficient (Wildman–Crippen LogP) is 5.44. The summed E-state index contributed by atoms with van der Waals surface area (Å²) in [5.74, 6) is 1.18. The van der Waals surface area contributed by atoms with Crippen molar-refractivity contribution in [2.45, 2.75) is 59.8 Å². The average molecular weight is 691 g/mol. The van der Waals surface area contributed by atoms with Crippen LogP contribution in [0.15, 0.2) is 47.4 Å². The highest BCUT2D eigenvalue weighted by atomic mass is 32.2. The molecule has 0 heterocycles. The second-order valence-electron chi connectivity index (χ2n) is 12.0. The second-order valence-corrected chi connectivity index (χ2v) is 14.0. The molecule has 6 N–H and O–H groups in total. The number of nitrogens with zero attached hydrogens (tertiary/aromatic N) is 2. The fourth-order valence-electron chi connectivity index (χ4n) is 4.34. The van der Waals surface area contributed by atoms with Crippen LogP contribution in [0.2, 0.25) is 0 Å². The van der Waals surface area contributed by atoms with E-state index in [4.69, 9.17) is 15.3 Å². The van der Waals surface area contributed by atoms with Gasteiger partial charge in [-0.2, -0.15) is 10.5 Å². The minimum Gasteiger partial charge on any atom is -0.494 e. The maximum Gasteiger partial charge on any atom is 0.333 e. The Hall–Kier alpha value is -5.47. The Balaban J connectivity index is 0.000000365. The molecule has 0 spiro atoms. The lowest BCUT2D eigenvalue weighted by Gasteiger charge is -2.15. The molecular weight excluding hydrogens is 645 g/mol. The molecular formula is C35H46N8O5S. The molecule has 0 aliphatic heterocycles. The van der Waals surface area contributed by atoms with Gasteiger partial charge in [0.05, 0.1) is 34.0 Å². The molecule has 3 aromatic rings. The summed E-state index contributed by atoms with van der Waals surface area (Å²) in [6, 6.07) is 15.6. The molecule has 0 aliphatic rings. The van der Waals surface area contributed by atoms with Gasteiger partial charge in [-0.25, -0.2) is 18.0 Å². The number of nitrogens with one attached hydrogen (secondary N) is 6. The van der Waals surface area contributed by atoms with Crippen molar-refractivity contribution in [3.05, 3.63) is 81.4 Å². The van der Waals surface area contributed by atoms with Crippen molar-refractivity contribution < 1.29 is 22.7 Å². The molecule has 0 aliphatic carbocycles. The first-order valence-corrected chi connectivity index (χ1v) is 17.5. The highest BCUT2D eigenvalue weighted by Crippen LogP contribution is 2.25. The zero-order valence-corrected chi connectivity index (χ0v) is 30.1. The van der Waals surface area contributed by atoms with Crippen LogP contribution in [0.25, 0.3) is 0 Å². The number of rotatable bonds is 12. The molecule has 14 heteroatoms. The number of hydrogen-bond acceptors (Lipinski definition) is 9. The Morgan fingerprint density at radius 1 is 0.755 bits per heavy atom. The van der Waals surface area contributed by atoms with Crippen molar-refractivity contribution in [3.8, 4) is 17.9 Å². The molecule has 49 heavy (non-hydrogen) atoms. The SMILES string of the molecule is Cc1cc(C#N)c(C#N)cc1NNC(=O)NCC(C)C.Cc1cc(C)cc(OCCCNC(=O)NNc2cc(C)c(C)cc2S(C)(=O)=O)c1. The summed E-state index contributed by atoms with van der Waals surface area (Å²) < 4.78 is 29.7. The van der Waals surface area contributed by atoms with Crippen LogP contribution in [0.3, 0.4) is 0 Å². The van der Waals surface area contributed by atoms with E-state index in [1.807, 2.05) is 65.8 Å². The molecule has 4 amide bonds. The first kappa shape index (κ1) is 39.7. The molecule has 3 aromatic carbocycles. The smallest absolute Gasteiger partial charge is 0.333 e. The second kappa shape index (κ2) is 18.8. The summed E-state index contributed by atoms with van der Waals surface area (Å²) in [6.45, 7) is 15.0. The topological polar surface area (TPSA) is 197 Å². The number of aryl methyl sites for hydroxylation is 5. The summed E-state index contributed by atoms with van der Waals surface area (Å²) in [6.07, 6.45) is 1.77. The number of anilines is 2. The number of ether oxygens (including phenoxy) is 1. The lowest BCUT2D eigenvalue weighted by Crippen LogP contribution is -2.40. The van der Waals surface area contributed by atoms with Crippen LogP contribution in [0.1, 0.15) is 59.2 Å². The highest BCUT2D eigenvalue weighted by Gasteiger charge is 2.15. The van der Waals surface area contributed by atoms with E-state index in [2.05, 4.69) is 38.4 Å². The monoisotopic (exact) mass is 690 g/mol. The van der Waals surface area contributed by atoms with E-state index in [0.29, 0.717) is 49.0 Å².